The summed E-state index contributed by atoms with van der Waals surface area (Å²) in [5.41, 5.74) is 1.93. The minimum Gasteiger partial charge on any atom is -0.381 e. The third-order valence-corrected chi connectivity index (χ3v) is 5.37. The highest BCUT2D eigenvalue weighted by Gasteiger charge is 2.47. The second kappa shape index (κ2) is 5.60. The van der Waals surface area contributed by atoms with Crippen LogP contribution in [0.5, 0.6) is 0 Å². The Morgan fingerprint density at radius 3 is 2.75 bits per heavy atom. The molecule has 1 atom stereocenters. The van der Waals surface area contributed by atoms with Crippen molar-refractivity contribution in [3.05, 3.63) is 52.3 Å². The van der Waals surface area contributed by atoms with E-state index >= 15 is 0 Å². The number of nitrogens with zero attached hydrogens (tertiary/aromatic N) is 3. The number of aliphatic hydroxyl groups is 1. The van der Waals surface area contributed by atoms with Crippen molar-refractivity contribution in [2.45, 2.75) is 30.8 Å². The number of amides is 1. The number of aryl methyl sites for hydroxylation is 2. The molecule has 6 heteroatoms. The van der Waals surface area contributed by atoms with Crippen LogP contribution in [-0.2, 0) is 23.9 Å². The van der Waals surface area contributed by atoms with E-state index in [0.29, 0.717) is 18.1 Å². The number of carbonyl (C=O) groups is 1. The first-order valence-corrected chi connectivity index (χ1v) is 8.64. The van der Waals surface area contributed by atoms with Gasteiger partial charge in [-0.15, -0.1) is 0 Å². The lowest BCUT2D eigenvalue weighted by atomic mass is 9.82. The van der Waals surface area contributed by atoms with Crippen LogP contribution in [0.2, 0.25) is 5.02 Å². The monoisotopic (exact) mass is 345 g/mol. The molecule has 1 aliphatic heterocycles. The summed E-state index contributed by atoms with van der Waals surface area (Å²) >= 11 is 5.90. The summed E-state index contributed by atoms with van der Waals surface area (Å²) in [5, 5.41) is 15.8. The summed E-state index contributed by atoms with van der Waals surface area (Å²) in [6.45, 7) is 0.666. The zero-order chi connectivity index (χ0) is 16.9. The van der Waals surface area contributed by atoms with Crippen LogP contribution < -0.4 is 0 Å². The van der Waals surface area contributed by atoms with Crippen molar-refractivity contribution in [2.24, 2.45) is 7.05 Å². The van der Waals surface area contributed by atoms with Crippen LogP contribution in [0.4, 0.5) is 0 Å². The van der Waals surface area contributed by atoms with Gasteiger partial charge in [0.05, 0.1) is 24.7 Å². The molecule has 1 fully saturated rings. The minimum atomic E-state index is -0.966. The van der Waals surface area contributed by atoms with Crippen LogP contribution in [0.15, 0.2) is 30.5 Å². The lowest BCUT2D eigenvalue weighted by Crippen LogP contribution is -2.62. The molecule has 0 spiro atoms. The summed E-state index contributed by atoms with van der Waals surface area (Å²) in [6.07, 6.45) is 4.74. The first kappa shape index (κ1) is 15.7. The topological polar surface area (TPSA) is 58.4 Å². The minimum absolute atomic E-state index is 0.0996. The Kier molecular flexibility index (Phi) is 3.66. The predicted octanol–water partition coefficient (Wildman–Crippen LogP) is 2.22. The van der Waals surface area contributed by atoms with Crippen LogP contribution >= 0.6 is 11.6 Å². The van der Waals surface area contributed by atoms with Crippen molar-refractivity contribution in [3.63, 3.8) is 0 Å². The number of rotatable bonds is 2. The van der Waals surface area contributed by atoms with Gasteiger partial charge >= 0.3 is 0 Å². The van der Waals surface area contributed by atoms with Gasteiger partial charge < -0.3 is 10.0 Å². The van der Waals surface area contributed by atoms with Crippen molar-refractivity contribution < 1.29 is 9.90 Å². The molecule has 4 rings (SSSR count). The van der Waals surface area contributed by atoms with Gasteiger partial charge in [-0.3, -0.25) is 9.48 Å². The van der Waals surface area contributed by atoms with Gasteiger partial charge in [-0.2, -0.15) is 5.10 Å². The average molecular weight is 346 g/mol. The van der Waals surface area contributed by atoms with Crippen LogP contribution in [-0.4, -0.2) is 38.8 Å². The summed E-state index contributed by atoms with van der Waals surface area (Å²) in [6, 6.07) is 7.18. The van der Waals surface area contributed by atoms with Crippen LogP contribution in [0, 0.1) is 0 Å². The quantitative estimate of drug-likeness (QED) is 0.908. The number of hydrogen-bond acceptors (Lipinski definition) is 3. The molecule has 1 amide bonds. The summed E-state index contributed by atoms with van der Waals surface area (Å²) < 4.78 is 1.79. The highest BCUT2D eigenvalue weighted by atomic mass is 35.5. The van der Waals surface area contributed by atoms with E-state index in [1.807, 2.05) is 25.4 Å². The van der Waals surface area contributed by atoms with Gasteiger partial charge in [0.15, 0.2) is 0 Å². The molecule has 1 unspecified atom stereocenters. The predicted molar refractivity (Wildman–Crippen MR) is 90.8 cm³/mol. The van der Waals surface area contributed by atoms with E-state index in [9.17, 15) is 9.90 Å². The number of aromatic nitrogens is 2. The average Bonchev–Trinajstić information content (AvgIpc) is 2.92. The van der Waals surface area contributed by atoms with Gasteiger partial charge in [0, 0.05) is 23.8 Å². The molecular weight excluding hydrogens is 326 g/mol. The molecule has 2 aromatic rings. The third kappa shape index (κ3) is 2.52. The van der Waals surface area contributed by atoms with Crippen molar-refractivity contribution >= 4 is 17.5 Å². The number of carbonyl (C=O) groups excluding carboxylic acids is 1. The maximum atomic E-state index is 12.9. The summed E-state index contributed by atoms with van der Waals surface area (Å²) in [5.74, 6) is -0.0280. The van der Waals surface area contributed by atoms with E-state index in [0.717, 1.165) is 36.1 Å². The molecule has 126 valence electrons. The lowest BCUT2D eigenvalue weighted by molar-refractivity contribution is -0.159. The van der Waals surface area contributed by atoms with E-state index < -0.39 is 5.60 Å². The fraction of sp³-hybridized carbons (Fsp3) is 0.444. The van der Waals surface area contributed by atoms with Crippen molar-refractivity contribution in [2.75, 3.05) is 13.1 Å². The molecular formula is C18H20ClN3O2. The SMILES string of the molecule is Cn1cc2c(n1)CCCC2C(=O)N1CC(O)(c2ccc(Cl)cc2)C1. The molecule has 0 saturated carbocycles. The second-order valence-corrected chi connectivity index (χ2v) is 7.32. The Morgan fingerprint density at radius 1 is 1.33 bits per heavy atom. The Balaban J connectivity index is 1.49. The van der Waals surface area contributed by atoms with Gasteiger partial charge in [0.2, 0.25) is 5.91 Å². The fourth-order valence-corrected chi connectivity index (χ4v) is 3.95. The lowest BCUT2D eigenvalue weighted by Gasteiger charge is -2.48. The van der Waals surface area contributed by atoms with E-state index in [4.69, 9.17) is 11.6 Å². The van der Waals surface area contributed by atoms with Gasteiger partial charge in [-0.05, 0) is 37.0 Å². The van der Waals surface area contributed by atoms with Crippen molar-refractivity contribution in [1.82, 2.24) is 14.7 Å². The van der Waals surface area contributed by atoms with Gasteiger partial charge in [0.25, 0.3) is 0 Å². The van der Waals surface area contributed by atoms with E-state index in [1.165, 1.54) is 0 Å². The molecule has 1 saturated heterocycles. The third-order valence-electron chi connectivity index (χ3n) is 5.12. The number of hydrogen-bond donors (Lipinski definition) is 1. The van der Waals surface area contributed by atoms with Gasteiger partial charge in [-0.25, -0.2) is 0 Å². The smallest absolute Gasteiger partial charge is 0.230 e. The largest absolute Gasteiger partial charge is 0.381 e. The van der Waals surface area contributed by atoms with E-state index in [-0.39, 0.29) is 11.8 Å². The number of halogens is 1. The maximum Gasteiger partial charge on any atom is 0.230 e. The number of likely N-dealkylation sites (tertiary alicyclic amines) is 1. The highest BCUT2D eigenvalue weighted by molar-refractivity contribution is 6.30. The zero-order valence-electron chi connectivity index (χ0n) is 13.6. The van der Waals surface area contributed by atoms with E-state index in [2.05, 4.69) is 5.10 Å². The van der Waals surface area contributed by atoms with Crippen LogP contribution in [0.25, 0.3) is 0 Å². The standard InChI is InChI=1S/C18H20ClN3O2/c1-21-9-15-14(3-2-4-16(15)20-21)17(23)22-10-18(24,11-22)12-5-7-13(19)8-6-12/h5-9,14,24H,2-4,10-11H2,1H3. The maximum absolute atomic E-state index is 12.9. The molecule has 1 N–H and O–H groups in total. The Hall–Kier alpha value is -1.85. The number of benzene rings is 1. The summed E-state index contributed by atoms with van der Waals surface area (Å²) in [7, 11) is 1.89. The normalized spacial score (nSPS) is 22.0. The number of β-amino-alcohol motifs (C(OH)–C–C–N with tert-alkyl or cyclic N) is 1. The number of fused-ring (bicyclic) bond motifs is 1. The van der Waals surface area contributed by atoms with E-state index in [1.54, 1.807) is 21.7 Å². The van der Waals surface area contributed by atoms with Crippen molar-refractivity contribution in [1.29, 1.82) is 0 Å². The molecule has 0 radical (unpaired) electrons. The fourth-order valence-electron chi connectivity index (χ4n) is 3.83. The van der Waals surface area contributed by atoms with Crippen LogP contribution in [0.3, 0.4) is 0 Å². The Morgan fingerprint density at radius 2 is 2.04 bits per heavy atom. The Bertz CT molecular complexity index is 778. The zero-order valence-corrected chi connectivity index (χ0v) is 14.3. The second-order valence-electron chi connectivity index (χ2n) is 6.88. The van der Waals surface area contributed by atoms with Crippen LogP contribution in [0.1, 0.15) is 35.6 Å². The highest BCUT2D eigenvalue weighted by Crippen LogP contribution is 2.38. The molecule has 1 aromatic heterocycles. The molecule has 1 aromatic carbocycles. The molecule has 24 heavy (non-hydrogen) atoms. The molecule has 2 aliphatic rings. The Labute approximate surface area is 145 Å². The molecule has 0 bridgehead atoms. The van der Waals surface area contributed by atoms with Crippen molar-refractivity contribution in [3.8, 4) is 0 Å². The van der Waals surface area contributed by atoms with Gasteiger partial charge in [-0.1, -0.05) is 23.7 Å². The first-order chi connectivity index (χ1) is 11.5. The molecule has 5 nitrogen and oxygen atoms in total. The first-order valence-electron chi connectivity index (χ1n) is 8.26. The summed E-state index contributed by atoms with van der Waals surface area (Å²) in [4.78, 5) is 14.6. The van der Waals surface area contributed by atoms with Gasteiger partial charge in [0.1, 0.15) is 5.60 Å². The molecule has 2 heterocycles. The molecule has 1 aliphatic carbocycles.